The van der Waals surface area contributed by atoms with Gasteiger partial charge in [-0.2, -0.15) is 0 Å². The van der Waals surface area contributed by atoms with Gasteiger partial charge < -0.3 is 20.4 Å². The summed E-state index contributed by atoms with van der Waals surface area (Å²) < 4.78 is 41.0. The molecule has 4 N–H and O–H groups in total. The predicted molar refractivity (Wildman–Crippen MR) is 129 cm³/mol. The SMILES string of the molecule is Cc1nc2c(-c3cc4cc(CN(C)Cc5ccc(OC(F)(F)F)cc5)ccc4[nH]3)cc(N)nc2[nH]1. The maximum atomic E-state index is 12.3. The normalized spacial score (nSPS) is 12.2. The number of nitrogen functional groups attached to an aromatic ring is 1. The summed E-state index contributed by atoms with van der Waals surface area (Å²) in [5, 5.41) is 1.05. The molecule has 7 nitrogen and oxygen atoms in total. The first-order chi connectivity index (χ1) is 16.6. The number of aryl methyl sites for hydroxylation is 1. The molecule has 0 spiro atoms. The number of nitrogens with two attached hydrogens (primary N) is 1. The summed E-state index contributed by atoms with van der Waals surface area (Å²) in [4.78, 5) is 17.5. The van der Waals surface area contributed by atoms with Crippen LogP contribution in [0.3, 0.4) is 0 Å². The third-order valence-corrected chi connectivity index (χ3v) is 5.63. The van der Waals surface area contributed by atoms with Crippen LogP contribution in [-0.2, 0) is 13.1 Å². The number of imidazole rings is 1. The van der Waals surface area contributed by atoms with Crippen molar-refractivity contribution in [3.63, 3.8) is 0 Å². The molecular weight excluding hydrogens is 457 g/mol. The number of rotatable bonds is 6. The van der Waals surface area contributed by atoms with E-state index in [2.05, 4.69) is 47.8 Å². The van der Waals surface area contributed by atoms with Crippen LogP contribution < -0.4 is 10.5 Å². The Kier molecular flexibility index (Phi) is 5.60. The molecule has 35 heavy (non-hydrogen) atoms. The van der Waals surface area contributed by atoms with Crippen LogP contribution in [0.5, 0.6) is 5.75 Å². The number of benzene rings is 2. The van der Waals surface area contributed by atoms with Gasteiger partial charge in [-0.05, 0) is 61.5 Å². The molecule has 0 bridgehead atoms. The molecular formula is C25H23F3N6O. The molecule has 2 aromatic carbocycles. The van der Waals surface area contributed by atoms with Crippen LogP contribution in [0, 0.1) is 6.92 Å². The van der Waals surface area contributed by atoms with Gasteiger partial charge in [-0.15, -0.1) is 13.2 Å². The van der Waals surface area contributed by atoms with Crippen molar-refractivity contribution in [3.05, 3.63) is 71.5 Å². The summed E-state index contributed by atoms with van der Waals surface area (Å²) in [6.07, 6.45) is -4.69. The highest BCUT2D eigenvalue weighted by Gasteiger charge is 2.30. The molecule has 3 aromatic heterocycles. The number of anilines is 1. The molecule has 10 heteroatoms. The van der Waals surface area contributed by atoms with Crippen molar-refractivity contribution in [1.82, 2.24) is 24.8 Å². The highest BCUT2D eigenvalue weighted by Crippen LogP contribution is 2.31. The van der Waals surface area contributed by atoms with E-state index >= 15 is 0 Å². The lowest BCUT2D eigenvalue weighted by Gasteiger charge is -2.17. The number of nitrogens with one attached hydrogen (secondary N) is 2. The Morgan fingerprint density at radius 3 is 2.40 bits per heavy atom. The van der Waals surface area contributed by atoms with E-state index in [1.165, 1.54) is 12.1 Å². The van der Waals surface area contributed by atoms with Crippen LogP contribution in [-0.4, -0.2) is 38.2 Å². The van der Waals surface area contributed by atoms with Gasteiger partial charge in [-0.1, -0.05) is 18.2 Å². The van der Waals surface area contributed by atoms with Gasteiger partial charge in [0.25, 0.3) is 0 Å². The van der Waals surface area contributed by atoms with E-state index < -0.39 is 6.36 Å². The Balaban J connectivity index is 1.33. The number of hydrogen-bond acceptors (Lipinski definition) is 5. The summed E-state index contributed by atoms with van der Waals surface area (Å²) in [6, 6.07) is 16.0. The molecule has 0 aliphatic heterocycles. The van der Waals surface area contributed by atoms with E-state index in [9.17, 15) is 13.2 Å². The van der Waals surface area contributed by atoms with Gasteiger partial charge in [0.1, 0.15) is 22.9 Å². The number of halogens is 3. The Morgan fingerprint density at radius 1 is 0.943 bits per heavy atom. The van der Waals surface area contributed by atoms with Crippen molar-refractivity contribution >= 4 is 27.9 Å². The average molecular weight is 480 g/mol. The molecule has 0 amide bonds. The average Bonchev–Trinajstić information content (AvgIpc) is 3.35. The van der Waals surface area contributed by atoms with Crippen LogP contribution in [0.4, 0.5) is 19.0 Å². The van der Waals surface area contributed by atoms with Gasteiger partial charge in [0.2, 0.25) is 0 Å². The van der Waals surface area contributed by atoms with Gasteiger partial charge in [0.05, 0.1) is 0 Å². The Bertz CT molecular complexity index is 1500. The first-order valence-corrected chi connectivity index (χ1v) is 10.9. The van der Waals surface area contributed by atoms with E-state index in [0.29, 0.717) is 24.6 Å². The van der Waals surface area contributed by atoms with Crippen LogP contribution in [0.15, 0.2) is 54.6 Å². The molecule has 0 radical (unpaired) electrons. The first-order valence-electron chi connectivity index (χ1n) is 10.9. The number of pyridine rings is 1. The molecule has 0 saturated heterocycles. The van der Waals surface area contributed by atoms with E-state index in [1.807, 2.05) is 26.1 Å². The Hall–Kier alpha value is -4.05. The molecule has 180 valence electrons. The van der Waals surface area contributed by atoms with Crippen molar-refractivity contribution in [1.29, 1.82) is 0 Å². The highest BCUT2D eigenvalue weighted by molar-refractivity contribution is 5.95. The van der Waals surface area contributed by atoms with E-state index in [1.54, 1.807) is 12.1 Å². The quantitative estimate of drug-likeness (QED) is 0.297. The maximum Gasteiger partial charge on any atom is 0.573 e. The number of aromatic nitrogens is 4. The molecule has 0 unspecified atom stereocenters. The van der Waals surface area contributed by atoms with Crippen molar-refractivity contribution in [3.8, 4) is 17.0 Å². The third kappa shape index (κ3) is 5.07. The number of alkyl halides is 3. The molecule has 0 saturated carbocycles. The fourth-order valence-electron chi connectivity index (χ4n) is 4.23. The van der Waals surface area contributed by atoms with Gasteiger partial charge in [-0.3, -0.25) is 4.90 Å². The molecule has 0 aliphatic carbocycles. The van der Waals surface area contributed by atoms with Gasteiger partial charge in [0.15, 0.2) is 5.65 Å². The minimum absolute atomic E-state index is 0.226. The molecule has 0 fully saturated rings. The summed E-state index contributed by atoms with van der Waals surface area (Å²) in [6.45, 7) is 3.12. The first kappa shape index (κ1) is 22.7. The highest BCUT2D eigenvalue weighted by atomic mass is 19.4. The lowest BCUT2D eigenvalue weighted by atomic mass is 10.1. The van der Waals surface area contributed by atoms with E-state index in [4.69, 9.17) is 5.73 Å². The molecule has 3 heterocycles. The fraction of sp³-hybridized carbons (Fsp3) is 0.200. The number of H-pyrrole nitrogens is 2. The lowest BCUT2D eigenvalue weighted by Crippen LogP contribution is -2.18. The minimum Gasteiger partial charge on any atom is -0.406 e. The Labute approximate surface area is 198 Å². The Morgan fingerprint density at radius 2 is 1.66 bits per heavy atom. The molecule has 5 rings (SSSR count). The zero-order valence-corrected chi connectivity index (χ0v) is 19.1. The van der Waals surface area contributed by atoms with Crippen LogP contribution in [0.25, 0.3) is 33.3 Å². The second-order valence-corrected chi connectivity index (χ2v) is 8.58. The van der Waals surface area contributed by atoms with Crippen molar-refractivity contribution < 1.29 is 17.9 Å². The van der Waals surface area contributed by atoms with Crippen LogP contribution in [0.1, 0.15) is 17.0 Å². The predicted octanol–water partition coefficient (Wildman–Crippen LogP) is 5.53. The van der Waals surface area contributed by atoms with Crippen LogP contribution >= 0.6 is 0 Å². The smallest absolute Gasteiger partial charge is 0.406 e. The fourth-order valence-corrected chi connectivity index (χ4v) is 4.23. The monoisotopic (exact) mass is 480 g/mol. The minimum atomic E-state index is -4.69. The summed E-state index contributed by atoms with van der Waals surface area (Å²) in [5.41, 5.74) is 12.2. The number of ether oxygens (including phenoxy) is 1. The van der Waals surface area contributed by atoms with E-state index in [0.717, 1.165) is 44.6 Å². The molecule has 5 aromatic rings. The maximum absolute atomic E-state index is 12.3. The largest absolute Gasteiger partial charge is 0.573 e. The van der Waals surface area contributed by atoms with Crippen molar-refractivity contribution in [2.24, 2.45) is 0 Å². The number of aromatic amines is 2. The van der Waals surface area contributed by atoms with Crippen molar-refractivity contribution in [2.45, 2.75) is 26.4 Å². The van der Waals surface area contributed by atoms with Crippen LogP contribution in [0.2, 0.25) is 0 Å². The zero-order valence-electron chi connectivity index (χ0n) is 19.1. The number of nitrogens with zero attached hydrogens (tertiary/aromatic N) is 3. The number of fused-ring (bicyclic) bond motifs is 2. The van der Waals surface area contributed by atoms with Gasteiger partial charge in [-0.25, -0.2) is 9.97 Å². The summed E-state index contributed by atoms with van der Waals surface area (Å²) in [5.74, 6) is 0.953. The van der Waals surface area contributed by atoms with Gasteiger partial charge >= 0.3 is 6.36 Å². The third-order valence-electron chi connectivity index (χ3n) is 5.63. The van der Waals surface area contributed by atoms with E-state index in [-0.39, 0.29) is 5.75 Å². The number of hydrogen-bond donors (Lipinski definition) is 3. The topological polar surface area (TPSA) is 95.8 Å². The second-order valence-electron chi connectivity index (χ2n) is 8.58. The van der Waals surface area contributed by atoms with Crippen molar-refractivity contribution in [2.75, 3.05) is 12.8 Å². The lowest BCUT2D eigenvalue weighted by molar-refractivity contribution is -0.274. The molecule has 0 atom stereocenters. The summed E-state index contributed by atoms with van der Waals surface area (Å²) in [7, 11) is 1.96. The standard InChI is InChI=1S/C25H23F3N6O/c1-14-30-23-19(11-22(29)33-24(23)31-14)21-10-17-9-16(5-8-20(17)32-21)13-34(2)12-15-3-6-18(7-4-15)35-25(26,27)28/h3-11,32H,12-13H2,1-2H3,(H3,29,30,31,33). The zero-order chi connectivity index (χ0) is 24.7. The summed E-state index contributed by atoms with van der Waals surface area (Å²) >= 11 is 0. The molecule has 0 aliphatic rings. The second kappa shape index (κ2) is 8.62. The van der Waals surface area contributed by atoms with Gasteiger partial charge in [0, 0.05) is 35.2 Å².